The monoisotopic (exact) mass is 526 g/mol. The number of sulfonamides is 2. The minimum atomic E-state index is -4.02. The van der Waals surface area contributed by atoms with Gasteiger partial charge in [0.2, 0.25) is 26.0 Å². The first kappa shape index (κ1) is 24.2. The fourth-order valence-corrected chi connectivity index (χ4v) is 7.81. The molecule has 0 bridgehead atoms. The SMILES string of the molecule is CCS(=O)(=O)N(c1ccc(Nc2ncc3cnn(C4CCc5ccccc54)c3n2)cc1)S(=O)(=O)CC. The number of nitrogens with one attached hydrogen (secondary N) is 1. The van der Waals surface area contributed by atoms with Crippen molar-refractivity contribution < 1.29 is 16.8 Å². The minimum Gasteiger partial charge on any atom is -0.324 e. The third kappa shape index (κ3) is 4.30. The van der Waals surface area contributed by atoms with Gasteiger partial charge in [0.25, 0.3) is 0 Å². The highest BCUT2D eigenvalue weighted by Crippen LogP contribution is 2.35. The second-order valence-corrected chi connectivity index (χ2v) is 12.9. The summed E-state index contributed by atoms with van der Waals surface area (Å²) >= 11 is 0. The molecular formula is C24H26N6O4S2. The zero-order chi connectivity index (χ0) is 25.5. The molecule has 0 radical (unpaired) electrons. The smallest absolute Gasteiger partial charge is 0.247 e. The van der Waals surface area contributed by atoms with Gasteiger partial charge in [-0.05, 0) is 62.1 Å². The van der Waals surface area contributed by atoms with Gasteiger partial charge in [-0.25, -0.2) is 26.5 Å². The molecule has 1 N–H and O–H groups in total. The highest BCUT2D eigenvalue weighted by atomic mass is 32.3. The molecule has 1 aliphatic carbocycles. The van der Waals surface area contributed by atoms with Gasteiger partial charge >= 0.3 is 0 Å². The zero-order valence-corrected chi connectivity index (χ0v) is 21.5. The lowest BCUT2D eigenvalue weighted by molar-refractivity contribution is 0.533. The third-order valence-electron chi connectivity index (χ3n) is 6.30. The summed E-state index contributed by atoms with van der Waals surface area (Å²) in [7, 11) is -8.03. The van der Waals surface area contributed by atoms with E-state index in [1.165, 1.54) is 37.1 Å². The number of rotatable bonds is 8. The molecule has 2 heterocycles. The van der Waals surface area contributed by atoms with Crippen LogP contribution < -0.4 is 9.03 Å². The van der Waals surface area contributed by atoms with E-state index < -0.39 is 20.0 Å². The summed E-state index contributed by atoms with van der Waals surface area (Å²) in [5.41, 5.74) is 3.92. The van der Waals surface area contributed by atoms with Gasteiger partial charge in [0.1, 0.15) is 0 Å². The molecule has 4 aromatic rings. The Morgan fingerprint density at radius 2 is 1.67 bits per heavy atom. The van der Waals surface area contributed by atoms with E-state index in [0.717, 1.165) is 18.2 Å². The molecule has 2 aromatic carbocycles. The van der Waals surface area contributed by atoms with Crippen molar-refractivity contribution in [1.29, 1.82) is 0 Å². The Morgan fingerprint density at radius 3 is 2.36 bits per heavy atom. The van der Waals surface area contributed by atoms with Gasteiger partial charge in [-0.1, -0.05) is 24.3 Å². The van der Waals surface area contributed by atoms with Gasteiger partial charge in [-0.2, -0.15) is 13.8 Å². The number of hydrogen-bond acceptors (Lipinski definition) is 8. The van der Waals surface area contributed by atoms with Crippen LogP contribution in [0.15, 0.2) is 60.9 Å². The van der Waals surface area contributed by atoms with Crippen LogP contribution >= 0.6 is 0 Å². The average Bonchev–Trinajstić information content (AvgIpc) is 3.48. The molecule has 0 fully saturated rings. The number of nitrogens with zero attached hydrogens (tertiary/aromatic N) is 5. The lowest BCUT2D eigenvalue weighted by Crippen LogP contribution is -2.39. The second-order valence-electron chi connectivity index (χ2n) is 8.49. The number of hydrogen-bond donors (Lipinski definition) is 1. The highest BCUT2D eigenvalue weighted by molar-refractivity contribution is 8.10. The summed E-state index contributed by atoms with van der Waals surface area (Å²) < 4.78 is 52.4. The van der Waals surface area contributed by atoms with E-state index in [0.29, 0.717) is 21.0 Å². The van der Waals surface area contributed by atoms with E-state index in [1.54, 1.807) is 24.5 Å². The van der Waals surface area contributed by atoms with Crippen LogP contribution in [0.4, 0.5) is 17.3 Å². The largest absolute Gasteiger partial charge is 0.324 e. The Bertz CT molecular complexity index is 1600. The Kier molecular flexibility index (Phi) is 6.17. The van der Waals surface area contributed by atoms with E-state index in [2.05, 4.69) is 32.5 Å². The molecule has 1 unspecified atom stereocenters. The Morgan fingerprint density at radius 1 is 0.972 bits per heavy atom. The van der Waals surface area contributed by atoms with E-state index in [9.17, 15) is 16.8 Å². The Hall–Kier alpha value is -3.51. The normalized spacial score (nSPS) is 15.7. The van der Waals surface area contributed by atoms with Crippen molar-refractivity contribution in [2.75, 3.05) is 20.5 Å². The molecule has 0 saturated heterocycles. The van der Waals surface area contributed by atoms with Crippen molar-refractivity contribution in [2.24, 2.45) is 0 Å². The molecule has 12 heteroatoms. The standard InChI is InChI=1S/C24H26N6O4S2/c1-3-35(31,32)30(36(33,34)4-2)20-12-10-19(11-13-20)27-24-25-15-18-16-26-29(23(18)28-24)22-14-9-17-7-5-6-8-21(17)22/h5-8,10-13,15-16,22H,3-4,9,14H2,1-2H3,(H,25,27,28). The maximum Gasteiger partial charge on any atom is 0.247 e. The van der Waals surface area contributed by atoms with Crippen molar-refractivity contribution >= 4 is 48.4 Å². The van der Waals surface area contributed by atoms with Crippen molar-refractivity contribution in [2.45, 2.75) is 32.7 Å². The number of fused-ring (bicyclic) bond motifs is 2. The summed E-state index contributed by atoms with van der Waals surface area (Å²) in [6.07, 6.45) is 5.39. The zero-order valence-electron chi connectivity index (χ0n) is 19.9. The molecule has 0 aliphatic heterocycles. The Labute approximate surface area is 210 Å². The fraction of sp³-hybridized carbons (Fsp3) is 0.292. The van der Waals surface area contributed by atoms with Crippen molar-refractivity contribution in [3.63, 3.8) is 0 Å². The molecule has 2 aromatic heterocycles. The van der Waals surface area contributed by atoms with Crippen molar-refractivity contribution in [3.05, 3.63) is 72.1 Å². The molecule has 10 nitrogen and oxygen atoms in total. The van der Waals surface area contributed by atoms with E-state index in [1.807, 2.05) is 16.8 Å². The summed E-state index contributed by atoms with van der Waals surface area (Å²) in [5.74, 6) is -0.319. The third-order valence-corrected chi connectivity index (χ3v) is 10.6. The second kappa shape index (κ2) is 9.17. The fourth-order valence-electron chi connectivity index (χ4n) is 4.44. The van der Waals surface area contributed by atoms with Gasteiger partial charge < -0.3 is 5.32 Å². The molecule has 188 valence electrons. The number of aromatic nitrogens is 4. The van der Waals surface area contributed by atoms with Crippen molar-refractivity contribution in [1.82, 2.24) is 19.7 Å². The molecule has 1 atom stereocenters. The lowest BCUT2D eigenvalue weighted by atomic mass is 10.1. The number of anilines is 3. The maximum absolute atomic E-state index is 12.5. The minimum absolute atomic E-state index is 0.0543. The van der Waals surface area contributed by atoms with Crippen molar-refractivity contribution in [3.8, 4) is 0 Å². The summed E-state index contributed by atoms with van der Waals surface area (Å²) in [6.45, 7) is 2.82. The molecule has 1 aliphatic rings. The van der Waals surface area contributed by atoms with Gasteiger partial charge in [-0.3, -0.25) is 0 Å². The van der Waals surface area contributed by atoms with Gasteiger partial charge in [0, 0.05) is 11.9 Å². The first-order chi connectivity index (χ1) is 17.2. The Balaban J connectivity index is 1.43. The van der Waals surface area contributed by atoms with Crippen LogP contribution in [0.5, 0.6) is 0 Å². The summed E-state index contributed by atoms with van der Waals surface area (Å²) in [4.78, 5) is 9.06. The van der Waals surface area contributed by atoms with Crippen LogP contribution in [0.3, 0.4) is 0 Å². The number of aryl methyl sites for hydroxylation is 1. The van der Waals surface area contributed by atoms with Crippen LogP contribution in [-0.2, 0) is 26.5 Å². The van der Waals surface area contributed by atoms with Gasteiger partial charge in [0.15, 0.2) is 5.65 Å². The van der Waals surface area contributed by atoms with Crippen LogP contribution in [-0.4, -0.2) is 48.1 Å². The summed E-state index contributed by atoms with van der Waals surface area (Å²) in [6, 6.07) is 14.5. The van der Waals surface area contributed by atoms with Crippen LogP contribution in [0.25, 0.3) is 11.0 Å². The molecule has 5 rings (SSSR count). The first-order valence-corrected chi connectivity index (χ1v) is 14.9. The lowest BCUT2D eigenvalue weighted by Gasteiger charge is -2.22. The predicted octanol–water partition coefficient (Wildman–Crippen LogP) is 3.61. The van der Waals surface area contributed by atoms with Crippen LogP contribution in [0.2, 0.25) is 0 Å². The molecule has 0 saturated carbocycles. The molecule has 36 heavy (non-hydrogen) atoms. The maximum atomic E-state index is 12.5. The van der Waals surface area contributed by atoms with Gasteiger partial charge in [0.05, 0.1) is 34.8 Å². The molecule has 0 spiro atoms. The van der Waals surface area contributed by atoms with E-state index in [4.69, 9.17) is 0 Å². The predicted molar refractivity (Wildman–Crippen MR) is 139 cm³/mol. The van der Waals surface area contributed by atoms with Crippen LogP contribution in [0, 0.1) is 0 Å². The quantitative estimate of drug-likeness (QED) is 0.369. The van der Waals surface area contributed by atoms with Gasteiger partial charge in [-0.15, -0.1) is 0 Å². The summed E-state index contributed by atoms with van der Waals surface area (Å²) in [5, 5.41) is 8.52. The first-order valence-electron chi connectivity index (χ1n) is 11.6. The average molecular weight is 527 g/mol. The molecular weight excluding hydrogens is 500 g/mol. The topological polar surface area (TPSA) is 127 Å². The van der Waals surface area contributed by atoms with E-state index >= 15 is 0 Å². The highest BCUT2D eigenvalue weighted by Gasteiger charge is 2.31. The number of benzene rings is 2. The van der Waals surface area contributed by atoms with Crippen LogP contribution in [0.1, 0.15) is 37.4 Å². The molecule has 0 amide bonds. The van der Waals surface area contributed by atoms with E-state index in [-0.39, 0.29) is 23.2 Å².